The van der Waals surface area contributed by atoms with Crippen molar-refractivity contribution in [3.05, 3.63) is 48.0 Å². The molecule has 7 heteroatoms. The second kappa shape index (κ2) is 9.41. The number of furan rings is 1. The predicted molar refractivity (Wildman–Crippen MR) is 102 cm³/mol. The Kier molecular flexibility index (Phi) is 6.70. The summed E-state index contributed by atoms with van der Waals surface area (Å²) in [7, 11) is 0. The van der Waals surface area contributed by atoms with E-state index in [1.807, 2.05) is 38.1 Å². The Morgan fingerprint density at radius 3 is 2.78 bits per heavy atom. The van der Waals surface area contributed by atoms with Gasteiger partial charge in [-0.05, 0) is 58.0 Å². The van der Waals surface area contributed by atoms with Gasteiger partial charge in [0.05, 0.1) is 18.4 Å². The SMILES string of the molecule is CC(C)Oc1ncccc1CNC(=O)NCC(c1ccco1)N1CCCC1. The Balaban J connectivity index is 1.53. The van der Waals surface area contributed by atoms with E-state index in [0.717, 1.165) is 24.4 Å². The molecule has 7 nitrogen and oxygen atoms in total. The molecule has 0 saturated carbocycles. The van der Waals surface area contributed by atoms with Gasteiger partial charge < -0.3 is 19.8 Å². The van der Waals surface area contributed by atoms with Gasteiger partial charge in [-0.25, -0.2) is 9.78 Å². The molecule has 1 aliphatic rings. The number of carbonyl (C=O) groups excluding carboxylic acids is 1. The molecule has 2 aromatic heterocycles. The minimum Gasteiger partial charge on any atom is -0.475 e. The highest BCUT2D eigenvalue weighted by molar-refractivity contribution is 5.73. The molecule has 146 valence electrons. The largest absolute Gasteiger partial charge is 0.475 e. The summed E-state index contributed by atoms with van der Waals surface area (Å²) in [6, 6.07) is 7.44. The van der Waals surface area contributed by atoms with Crippen LogP contribution in [0.1, 0.15) is 44.1 Å². The second-order valence-corrected chi connectivity index (χ2v) is 6.97. The summed E-state index contributed by atoms with van der Waals surface area (Å²) >= 11 is 0. The van der Waals surface area contributed by atoms with Crippen molar-refractivity contribution in [2.45, 2.75) is 45.4 Å². The normalized spacial score (nSPS) is 15.7. The molecule has 1 aliphatic heterocycles. The number of pyridine rings is 1. The van der Waals surface area contributed by atoms with E-state index < -0.39 is 0 Å². The van der Waals surface area contributed by atoms with Gasteiger partial charge in [0.25, 0.3) is 0 Å². The average Bonchev–Trinajstić information content (AvgIpc) is 3.35. The van der Waals surface area contributed by atoms with Crippen molar-refractivity contribution >= 4 is 6.03 Å². The van der Waals surface area contributed by atoms with Gasteiger partial charge in [0.1, 0.15) is 5.76 Å². The van der Waals surface area contributed by atoms with E-state index in [-0.39, 0.29) is 18.2 Å². The number of aromatic nitrogens is 1. The minimum atomic E-state index is -0.217. The van der Waals surface area contributed by atoms with Crippen LogP contribution in [0.4, 0.5) is 4.79 Å². The molecule has 1 atom stereocenters. The fourth-order valence-corrected chi connectivity index (χ4v) is 3.26. The monoisotopic (exact) mass is 372 g/mol. The van der Waals surface area contributed by atoms with Crippen LogP contribution in [0, 0.1) is 0 Å². The third-order valence-corrected chi connectivity index (χ3v) is 4.55. The summed E-state index contributed by atoms with van der Waals surface area (Å²) in [6.45, 7) is 6.82. The maximum Gasteiger partial charge on any atom is 0.315 e. The molecule has 27 heavy (non-hydrogen) atoms. The fraction of sp³-hybridized carbons (Fsp3) is 0.500. The van der Waals surface area contributed by atoms with Gasteiger partial charge in [0.2, 0.25) is 5.88 Å². The summed E-state index contributed by atoms with van der Waals surface area (Å²) < 4.78 is 11.3. The van der Waals surface area contributed by atoms with E-state index in [9.17, 15) is 4.79 Å². The fourth-order valence-electron chi connectivity index (χ4n) is 3.26. The van der Waals surface area contributed by atoms with E-state index >= 15 is 0 Å². The number of amides is 2. The lowest BCUT2D eigenvalue weighted by Crippen LogP contribution is -2.41. The zero-order chi connectivity index (χ0) is 19.1. The Hall–Kier alpha value is -2.54. The summed E-state index contributed by atoms with van der Waals surface area (Å²) in [5, 5.41) is 5.85. The molecule has 0 bridgehead atoms. The first-order valence-electron chi connectivity index (χ1n) is 9.53. The number of carbonyl (C=O) groups is 1. The molecule has 3 rings (SSSR count). The molecule has 0 radical (unpaired) electrons. The lowest BCUT2D eigenvalue weighted by Gasteiger charge is -2.26. The first-order valence-corrected chi connectivity index (χ1v) is 9.53. The van der Waals surface area contributed by atoms with E-state index in [2.05, 4.69) is 20.5 Å². The summed E-state index contributed by atoms with van der Waals surface area (Å²) in [4.78, 5) is 18.9. The van der Waals surface area contributed by atoms with Crippen molar-refractivity contribution < 1.29 is 13.9 Å². The summed E-state index contributed by atoms with van der Waals surface area (Å²) in [5.74, 6) is 1.44. The van der Waals surface area contributed by atoms with Gasteiger partial charge in [0.15, 0.2) is 0 Å². The van der Waals surface area contributed by atoms with E-state index in [4.69, 9.17) is 9.15 Å². The average molecular weight is 372 g/mol. The standard InChI is InChI=1S/C20H28N4O3/c1-15(2)27-19-16(7-5-9-21-19)13-22-20(25)23-14-17(18-8-6-12-26-18)24-10-3-4-11-24/h5-9,12,15,17H,3-4,10-11,13-14H2,1-2H3,(H2,22,23,25). The number of hydrogen-bond acceptors (Lipinski definition) is 5. The number of rotatable bonds is 8. The third-order valence-electron chi connectivity index (χ3n) is 4.55. The van der Waals surface area contributed by atoms with Crippen LogP contribution in [0.15, 0.2) is 41.1 Å². The lowest BCUT2D eigenvalue weighted by molar-refractivity contribution is 0.203. The Morgan fingerprint density at radius 1 is 1.26 bits per heavy atom. The molecular weight excluding hydrogens is 344 g/mol. The molecule has 0 spiro atoms. The van der Waals surface area contributed by atoms with E-state index in [1.54, 1.807) is 12.5 Å². The number of likely N-dealkylation sites (tertiary alicyclic amines) is 1. The number of ether oxygens (including phenoxy) is 1. The van der Waals surface area contributed by atoms with Gasteiger partial charge in [-0.1, -0.05) is 6.07 Å². The Bertz CT molecular complexity index is 712. The molecule has 0 aliphatic carbocycles. The van der Waals surface area contributed by atoms with Crippen molar-refractivity contribution in [3.63, 3.8) is 0 Å². The van der Waals surface area contributed by atoms with Crippen LogP contribution < -0.4 is 15.4 Å². The third kappa shape index (κ3) is 5.47. The van der Waals surface area contributed by atoms with Crippen molar-refractivity contribution in [1.29, 1.82) is 0 Å². The minimum absolute atomic E-state index is 0.0296. The van der Waals surface area contributed by atoms with Gasteiger partial charge in [0, 0.05) is 24.8 Å². The number of nitrogens with one attached hydrogen (secondary N) is 2. The summed E-state index contributed by atoms with van der Waals surface area (Å²) in [6.07, 6.45) is 5.76. The van der Waals surface area contributed by atoms with Gasteiger partial charge >= 0.3 is 6.03 Å². The van der Waals surface area contributed by atoms with Crippen LogP contribution in [0.5, 0.6) is 5.88 Å². The number of urea groups is 1. The first-order chi connectivity index (χ1) is 13.1. The van der Waals surface area contributed by atoms with Crippen LogP contribution in [0.2, 0.25) is 0 Å². The van der Waals surface area contributed by atoms with Crippen LogP contribution in [0.3, 0.4) is 0 Å². The molecule has 0 aromatic carbocycles. The maximum atomic E-state index is 12.3. The quantitative estimate of drug-likeness (QED) is 0.744. The zero-order valence-corrected chi connectivity index (χ0v) is 16.0. The second-order valence-electron chi connectivity index (χ2n) is 6.97. The van der Waals surface area contributed by atoms with E-state index in [1.165, 1.54) is 12.8 Å². The molecule has 1 unspecified atom stereocenters. The van der Waals surface area contributed by atoms with Crippen LogP contribution in [0.25, 0.3) is 0 Å². The molecule has 2 N–H and O–H groups in total. The molecule has 2 aromatic rings. The predicted octanol–water partition coefficient (Wildman–Crippen LogP) is 3.10. The highest BCUT2D eigenvalue weighted by Gasteiger charge is 2.25. The van der Waals surface area contributed by atoms with Crippen molar-refractivity contribution in [1.82, 2.24) is 20.5 Å². The van der Waals surface area contributed by atoms with Gasteiger partial charge in [-0.3, -0.25) is 4.90 Å². The van der Waals surface area contributed by atoms with Crippen LogP contribution in [-0.4, -0.2) is 41.7 Å². The number of hydrogen-bond donors (Lipinski definition) is 2. The highest BCUT2D eigenvalue weighted by atomic mass is 16.5. The van der Waals surface area contributed by atoms with Crippen molar-refractivity contribution in [3.8, 4) is 5.88 Å². The maximum absolute atomic E-state index is 12.3. The molecular formula is C20H28N4O3. The van der Waals surface area contributed by atoms with Crippen LogP contribution in [-0.2, 0) is 6.54 Å². The van der Waals surface area contributed by atoms with Gasteiger partial charge in [-0.2, -0.15) is 0 Å². The summed E-state index contributed by atoms with van der Waals surface area (Å²) in [5.41, 5.74) is 0.850. The molecule has 3 heterocycles. The smallest absolute Gasteiger partial charge is 0.315 e. The number of nitrogens with zero attached hydrogens (tertiary/aromatic N) is 2. The Labute approximate surface area is 160 Å². The molecule has 2 amide bonds. The zero-order valence-electron chi connectivity index (χ0n) is 16.0. The van der Waals surface area contributed by atoms with Crippen molar-refractivity contribution in [2.75, 3.05) is 19.6 Å². The van der Waals surface area contributed by atoms with E-state index in [0.29, 0.717) is 19.0 Å². The molecule has 1 fully saturated rings. The highest BCUT2D eigenvalue weighted by Crippen LogP contribution is 2.24. The lowest BCUT2D eigenvalue weighted by atomic mass is 10.2. The van der Waals surface area contributed by atoms with Gasteiger partial charge in [-0.15, -0.1) is 0 Å². The topological polar surface area (TPSA) is 79.6 Å². The van der Waals surface area contributed by atoms with Crippen molar-refractivity contribution in [2.24, 2.45) is 0 Å². The first kappa shape index (κ1) is 19.2. The Morgan fingerprint density at radius 2 is 2.07 bits per heavy atom. The van der Waals surface area contributed by atoms with Crippen LogP contribution >= 0.6 is 0 Å². The molecule has 1 saturated heterocycles.